The van der Waals surface area contributed by atoms with Crippen molar-refractivity contribution in [1.82, 2.24) is 0 Å². The summed E-state index contributed by atoms with van der Waals surface area (Å²) in [7, 11) is 0. The maximum Gasteiger partial charge on any atom is 0.124 e. The van der Waals surface area contributed by atoms with Crippen LogP contribution >= 0.6 is 31.9 Å². The molecule has 0 atom stereocenters. The van der Waals surface area contributed by atoms with E-state index in [1.807, 2.05) is 12.1 Å². The lowest BCUT2D eigenvalue weighted by atomic mass is 10.1. The summed E-state index contributed by atoms with van der Waals surface area (Å²) in [6.45, 7) is 6.08. The average molecular weight is 506 g/mol. The van der Waals surface area contributed by atoms with E-state index in [9.17, 15) is 0 Å². The van der Waals surface area contributed by atoms with Gasteiger partial charge >= 0.3 is 0 Å². The summed E-state index contributed by atoms with van der Waals surface area (Å²) < 4.78 is 12.0. The molecule has 27 heavy (non-hydrogen) atoms. The third-order valence-electron chi connectivity index (χ3n) is 4.74. The lowest BCUT2D eigenvalue weighted by molar-refractivity contribution is 0.294. The predicted molar refractivity (Wildman–Crippen MR) is 125 cm³/mol. The van der Waals surface area contributed by atoms with Crippen molar-refractivity contribution >= 4 is 31.9 Å². The van der Waals surface area contributed by atoms with Gasteiger partial charge in [0.1, 0.15) is 11.5 Å². The Labute approximate surface area is 184 Å². The highest BCUT2D eigenvalue weighted by Crippen LogP contribution is 2.38. The molecule has 2 nitrogen and oxygen atoms in total. The fraction of sp³-hybridized carbons (Fsp3) is 0.739. The number of alkyl halides is 2. The van der Waals surface area contributed by atoms with E-state index < -0.39 is 0 Å². The van der Waals surface area contributed by atoms with Gasteiger partial charge in [-0.3, -0.25) is 0 Å². The summed E-state index contributed by atoms with van der Waals surface area (Å²) in [5.74, 6) is 1.86. The summed E-state index contributed by atoms with van der Waals surface area (Å²) in [4.78, 5) is 0. The Bertz CT molecular complexity index is 477. The van der Waals surface area contributed by atoms with E-state index in [2.05, 4.69) is 51.8 Å². The molecule has 0 fully saturated rings. The van der Waals surface area contributed by atoms with Gasteiger partial charge in [0.15, 0.2) is 0 Å². The number of halogens is 2. The highest BCUT2D eigenvalue weighted by Gasteiger charge is 2.12. The predicted octanol–water partition coefficient (Wildman–Crippen LogP) is 8.95. The summed E-state index contributed by atoms with van der Waals surface area (Å²) in [6, 6.07) is 6.15. The standard InChI is InChI=1S/C23H38Br2O2/c1-3-5-7-9-11-13-17-26-20-15-16-22(21(19-20)23(24)25)27-18-14-12-10-8-6-4-2/h15-16,19,23H,3-14,17-18H2,1-2H3. The second kappa shape index (κ2) is 16.7. The number of ether oxygens (including phenoxy) is 2. The van der Waals surface area contributed by atoms with Crippen molar-refractivity contribution < 1.29 is 9.47 Å². The maximum absolute atomic E-state index is 6.02. The van der Waals surface area contributed by atoms with E-state index in [1.54, 1.807) is 0 Å². The van der Waals surface area contributed by atoms with E-state index in [0.717, 1.165) is 43.1 Å². The summed E-state index contributed by atoms with van der Waals surface area (Å²) in [5.41, 5.74) is 1.10. The first-order valence-electron chi connectivity index (χ1n) is 10.9. The zero-order chi connectivity index (χ0) is 19.7. The van der Waals surface area contributed by atoms with Crippen molar-refractivity contribution in [2.45, 2.75) is 94.6 Å². The first-order chi connectivity index (χ1) is 13.2. The Morgan fingerprint density at radius 1 is 0.704 bits per heavy atom. The van der Waals surface area contributed by atoms with Gasteiger partial charge in [0.05, 0.1) is 17.0 Å². The third-order valence-corrected chi connectivity index (χ3v) is 5.72. The molecule has 0 unspecified atom stereocenters. The summed E-state index contributed by atoms with van der Waals surface area (Å²) >= 11 is 7.23. The normalized spacial score (nSPS) is 11.1. The average Bonchev–Trinajstić information content (AvgIpc) is 2.67. The highest BCUT2D eigenvalue weighted by atomic mass is 79.9. The number of rotatable bonds is 17. The Balaban J connectivity index is 2.34. The van der Waals surface area contributed by atoms with E-state index in [-0.39, 0.29) is 3.74 Å². The number of hydrogen-bond acceptors (Lipinski definition) is 2. The van der Waals surface area contributed by atoms with E-state index in [4.69, 9.17) is 9.47 Å². The molecule has 0 saturated heterocycles. The molecule has 4 heteroatoms. The Kier molecular flexibility index (Phi) is 15.4. The van der Waals surface area contributed by atoms with Gasteiger partial charge < -0.3 is 9.47 Å². The van der Waals surface area contributed by atoms with Crippen LogP contribution in [0, 0.1) is 0 Å². The van der Waals surface area contributed by atoms with Gasteiger partial charge in [-0.1, -0.05) is 110 Å². The van der Waals surface area contributed by atoms with Crippen molar-refractivity contribution in [3.05, 3.63) is 23.8 Å². The molecule has 1 aromatic carbocycles. The molecule has 0 radical (unpaired) electrons. The third kappa shape index (κ3) is 12.1. The first kappa shape index (κ1) is 24.8. The van der Waals surface area contributed by atoms with Crippen LogP contribution in [0.5, 0.6) is 11.5 Å². The van der Waals surface area contributed by atoms with Gasteiger partial charge in [-0.2, -0.15) is 0 Å². The molecule has 0 aliphatic carbocycles. The van der Waals surface area contributed by atoms with E-state index in [1.165, 1.54) is 64.2 Å². The largest absolute Gasteiger partial charge is 0.494 e. The van der Waals surface area contributed by atoms with Crippen LogP contribution in [-0.4, -0.2) is 13.2 Å². The number of hydrogen-bond donors (Lipinski definition) is 0. The molecule has 0 heterocycles. The van der Waals surface area contributed by atoms with Crippen LogP contribution in [0.3, 0.4) is 0 Å². The van der Waals surface area contributed by atoms with Crippen molar-refractivity contribution in [2.75, 3.05) is 13.2 Å². The smallest absolute Gasteiger partial charge is 0.124 e. The van der Waals surface area contributed by atoms with Crippen LogP contribution in [-0.2, 0) is 0 Å². The second-order valence-corrected chi connectivity index (χ2v) is 10.3. The van der Waals surface area contributed by atoms with Crippen LogP contribution in [0.2, 0.25) is 0 Å². The molecule has 0 aliphatic rings. The Hall–Kier alpha value is -0.220. The van der Waals surface area contributed by atoms with Crippen molar-refractivity contribution in [2.24, 2.45) is 0 Å². The molecule has 0 aliphatic heterocycles. The SMILES string of the molecule is CCCCCCCCOc1ccc(OCCCCCCCC)c(C(Br)Br)c1. The minimum absolute atomic E-state index is 0.0714. The van der Waals surface area contributed by atoms with Gasteiger partial charge in [0, 0.05) is 5.56 Å². The topological polar surface area (TPSA) is 18.5 Å². The molecular formula is C23H38Br2O2. The van der Waals surface area contributed by atoms with Crippen LogP contribution in [0.15, 0.2) is 18.2 Å². The Morgan fingerprint density at radius 2 is 1.22 bits per heavy atom. The molecule has 0 saturated carbocycles. The minimum atomic E-state index is 0.0714. The van der Waals surface area contributed by atoms with Crippen LogP contribution in [0.25, 0.3) is 0 Å². The zero-order valence-electron chi connectivity index (χ0n) is 17.3. The number of benzene rings is 1. The minimum Gasteiger partial charge on any atom is -0.494 e. The molecule has 0 N–H and O–H groups in total. The molecule has 156 valence electrons. The lowest BCUT2D eigenvalue weighted by Crippen LogP contribution is -2.02. The van der Waals surface area contributed by atoms with Crippen LogP contribution < -0.4 is 9.47 Å². The molecule has 1 aromatic rings. The number of unbranched alkanes of at least 4 members (excludes halogenated alkanes) is 10. The maximum atomic E-state index is 6.02. The monoisotopic (exact) mass is 504 g/mol. The Morgan fingerprint density at radius 3 is 1.78 bits per heavy atom. The quantitative estimate of drug-likeness (QED) is 0.155. The van der Waals surface area contributed by atoms with Gasteiger partial charge in [-0.25, -0.2) is 0 Å². The molecule has 0 aromatic heterocycles. The fourth-order valence-corrected chi connectivity index (χ4v) is 3.77. The summed E-state index contributed by atoms with van der Waals surface area (Å²) in [5, 5.41) is 0. The molecule has 1 rings (SSSR count). The van der Waals surface area contributed by atoms with Crippen molar-refractivity contribution in [3.8, 4) is 11.5 Å². The fourth-order valence-electron chi connectivity index (χ4n) is 3.06. The molecule has 0 amide bonds. The van der Waals surface area contributed by atoms with Gasteiger partial charge in [-0.15, -0.1) is 0 Å². The summed E-state index contributed by atoms with van der Waals surface area (Å²) in [6.07, 6.45) is 15.4. The van der Waals surface area contributed by atoms with Crippen LogP contribution in [0.4, 0.5) is 0 Å². The highest BCUT2D eigenvalue weighted by molar-refractivity contribution is 9.24. The van der Waals surface area contributed by atoms with Gasteiger partial charge in [0.25, 0.3) is 0 Å². The lowest BCUT2D eigenvalue weighted by Gasteiger charge is -2.15. The van der Waals surface area contributed by atoms with Crippen LogP contribution in [0.1, 0.15) is 100 Å². The molecule has 0 spiro atoms. The van der Waals surface area contributed by atoms with Gasteiger partial charge in [-0.05, 0) is 31.0 Å². The molecular weight excluding hydrogens is 468 g/mol. The zero-order valence-corrected chi connectivity index (χ0v) is 20.5. The van der Waals surface area contributed by atoms with E-state index in [0.29, 0.717) is 0 Å². The van der Waals surface area contributed by atoms with Crippen molar-refractivity contribution in [3.63, 3.8) is 0 Å². The van der Waals surface area contributed by atoms with Gasteiger partial charge in [0.2, 0.25) is 0 Å². The van der Waals surface area contributed by atoms with E-state index >= 15 is 0 Å². The van der Waals surface area contributed by atoms with Crippen molar-refractivity contribution in [1.29, 1.82) is 0 Å². The first-order valence-corrected chi connectivity index (χ1v) is 12.7. The molecule has 0 bridgehead atoms. The second-order valence-electron chi connectivity index (χ2n) is 7.23.